The van der Waals surface area contributed by atoms with Gasteiger partial charge in [-0.05, 0) is 48.1 Å². The van der Waals surface area contributed by atoms with Crippen LogP contribution in [-0.4, -0.2) is 42.7 Å². The highest BCUT2D eigenvalue weighted by molar-refractivity contribution is 6.30. The number of nitrogens with one attached hydrogen (secondary N) is 1. The van der Waals surface area contributed by atoms with Crippen molar-refractivity contribution in [2.24, 2.45) is 5.92 Å². The number of nitrogens with zero attached hydrogens (tertiary/aromatic N) is 2. The van der Waals surface area contributed by atoms with Crippen molar-refractivity contribution in [3.63, 3.8) is 0 Å². The van der Waals surface area contributed by atoms with Gasteiger partial charge in [0, 0.05) is 44.2 Å². The second-order valence-electron chi connectivity index (χ2n) is 6.61. The maximum atomic E-state index is 12.8. The summed E-state index contributed by atoms with van der Waals surface area (Å²) < 4.78 is 5.23. The Bertz CT molecular complexity index is 701. The van der Waals surface area contributed by atoms with E-state index < -0.39 is 0 Å². The molecule has 2 aromatic rings. The van der Waals surface area contributed by atoms with Gasteiger partial charge in [-0.3, -0.25) is 4.98 Å². The summed E-state index contributed by atoms with van der Waals surface area (Å²) in [5.74, 6) is 0.537. The topological polar surface area (TPSA) is 54.5 Å². The molecule has 2 amide bonds. The molecule has 0 aliphatic carbocycles. The van der Waals surface area contributed by atoms with E-state index in [1.807, 2.05) is 41.3 Å². The van der Waals surface area contributed by atoms with Gasteiger partial charge < -0.3 is 15.0 Å². The molecule has 1 fully saturated rings. The average Bonchev–Trinajstić information content (AvgIpc) is 2.68. The lowest BCUT2D eigenvalue weighted by Gasteiger charge is -2.33. The summed E-state index contributed by atoms with van der Waals surface area (Å²) in [6.07, 6.45) is 5.45. The van der Waals surface area contributed by atoms with Crippen LogP contribution < -0.4 is 5.32 Å². The molecule has 5 nitrogen and oxygen atoms in total. The molecule has 0 bridgehead atoms. The van der Waals surface area contributed by atoms with Crippen molar-refractivity contribution < 1.29 is 9.53 Å². The average molecular weight is 374 g/mol. The Morgan fingerprint density at radius 1 is 1.27 bits per heavy atom. The van der Waals surface area contributed by atoms with E-state index in [9.17, 15) is 4.79 Å². The van der Waals surface area contributed by atoms with Gasteiger partial charge in [0.15, 0.2) is 0 Å². The van der Waals surface area contributed by atoms with Crippen LogP contribution >= 0.6 is 11.6 Å². The molecule has 3 rings (SSSR count). The number of carbonyl (C=O) groups excluding carboxylic acids is 1. The number of likely N-dealkylation sites (tertiary alicyclic amines) is 1. The zero-order valence-electron chi connectivity index (χ0n) is 14.9. The van der Waals surface area contributed by atoms with Gasteiger partial charge in [-0.1, -0.05) is 29.8 Å². The number of methoxy groups -OCH3 is 1. The second-order valence-corrected chi connectivity index (χ2v) is 7.04. The largest absolute Gasteiger partial charge is 0.384 e. The van der Waals surface area contributed by atoms with Gasteiger partial charge in [0.2, 0.25) is 0 Å². The van der Waals surface area contributed by atoms with E-state index in [0.29, 0.717) is 10.9 Å². The van der Waals surface area contributed by atoms with Crippen molar-refractivity contribution in [1.29, 1.82) is 0 Å². The summed E-state index contributed by atoms with van der Waals surface area (Å²) in [6.45, 7) is 2.26. The van der Waals surface area contributed by atoms with Crippen LogP contribution in [0.15, 0.2) is 48.8 Å². The first kappa shape index (κ1) is 18.7. The van der Waals surface area contributed by atoms with E-state index in [-0.39, 0.29) is 12.1 Å². The third-order valence-corrected chi connectivity index (χ3v) is 5.04. The highest BCUT2D eigenvalue weighted by Gasteiger charge is 2.25. The Kier molecular flexibility index (Phi) is 6.47. The Labute approximate surface area is 159 Å². The van der Waals surface area contributed by atoms with Gasteiger partial charge in [0.1, 0.15) is 0 Å². The Morgan fingerprint density at radius 3 is 2.62 bits per heavy atom. The van der Waals surface area contributed by atoms with Crippen molar-refractivity contribution in [2.45, 2.75) is 18.9 Å². The molecule has 6 heteroatoms. The van der Waals surface area contributed by atoms with Gasteiger partial charge in [-0.2, -0.15) is 0 Å². The number of urea groups is 1. The smallest absolute Gasteiger partial charge is 0.318 e. The first-order valence-corrected chi connectivity index (χ1v) is 9.25. The van der Waals surface area contributed by atoms with Crippen LogP contribution in [0.4, 0.5) is 4.79 Å². The molecule has 1 aliphatic rings. The number of rotatable bonds is 5. The number of amides is 2. The van der Waals surface area contributed by atoms with Crippen molar-refractivity contribution in [3.05, 3.63) is 64.9 Å². The minimum absolute atomic E-state index is 0.0512. The lowest BCUT2D eigenvalue weighted by atomic mass is 9.97. The summed E-state index contributed by atoms with van der Waals surface area (Å²) in [5, 5.41) is 3.83. The van der Waals surface area contributed by atoms with Crippen LogP contribution in [0.25, 0.3) is 0 Å². The molecule has 1 aliphatic heterocycles. The lowest BCUT2D eigenvalue weighted by Crippen LogP contribution is -2.46. The van der Waals surface area contributed by atoms with E-state index in [4.69, 9.17) is 16.3 Å². The van der Waals surface area contributed by atoms with Gasteiger partial charge in [0.05, 0.1) is 6.04 Å². The van der Waals surface area contributed by atoms with E-state index >= 15 is 0 Å². The Hall–Kier alpha value is -2.11. The molecule has 0 saturated carbocycles. The van der Waals surface area contributed by atoms with Crippen LogP contribution in [-0.2, 0) is 4.74 Å². The summed E-state index contributed by atoms with van der Waals surface area (Å²) in [7, 11) is 1.73. The fourth-order valence-corrected chi connectivity index (χ4v) is 3.44. The van der Waals surface area contributed by atoms with Crippen molar-refractivity contribution in [2.75, 3.05) is 26.8 Å². The summed E-state index contributed by atoms with van der Waals surface area (Å²) in [4.78, 5) is 18.9. The molecule has 0 radical (unpaired) electrons. The van der Waals surface area contributed by atoms with Crippen LogP contribution in [0.3, 0.4) is 0 Å². The van der Waals surface area contributed by atoms with Gasteiger partial charge in [-0.15, -0.1) is 0 Å². The maximum absolute atomic E-state index is 12.8. The van der Waals surface area contributed by atoms with Crippen LogP contribution in [0.2, 0.25) is 5.02 Å². The minimum Gasteiger partial charge on any atom is -0.384 e. The third kappa shape index (κ3) is 4.74. The normalized spacial score (nSPS) is 16.3. The van der Waals surface area contributed by atoms with Crippen molar-refractivity contribution >= 4 is 17.6 Å². The van der Waals surface area contributed by atoms with Gasteiger partial charge >= 0.3 is 6.03 Å². The number of pyridine rings is 1. The van der Waals surface area contributed by atoms with Crippen LogP contribution in [0, 0.1) is 5.92 Å². The molecule has 2 heterocycles. The Balaban J connectivity index is 1.72. The molecule has 0 spiro atoms. The van der Waals surface area contributed by atoms with Gasteiger partial charge in [0.25, 0.3) is 0 Å². The number of piperidine rings is 1. The van der Waals surface area contributed by atoms with E-state index in [1.165, 1.54) is 0 Å². The maximum Gasteiger partial charge on any atom is 0.318 e. The standard InChI is InChI=1S/C20H24ClN3O2/c1-26-14-15-8-11-24(12-9-15)20(25)23-19(17-3-2-10-22-13-17)16-4-6-18(21)7-5-16/h2-7,10,13,15,19H,8-9,11-12,14H2,1H3,(H,23,25)/t19-/m0/s1. The highest BCUT2D eigenvalue weighted by atomic mass is 35.5. The number of ether oxygens (including phenoxy) is 1. The number of hydrogen-bond acceptors (Lipinski definition) is 3. The molecule has 26 heavy (non-hydrogen) atoms. The zero-order valence-corrected chi connectivity index (χ0v) is 15.7. The monoisotopic (exact) mass is 373 g/mol. The SMILES string of the molecule is COCC1CCN(C(=O)N[C@@H](c2ccc(Cl)cc2)c2cccnc2)CC1. The van der Waals surface area contributed by atoms with Crippen LogP contribution in [0.5, 0.6) is 0 Å². The number of halogens is 1. The molecule has 0 unspecified atom stereocenters. The molecule has 138 valence electrons. The first-order chi connectivity index (χ1) is 12.7. The van der Waals surface area contributed by atoms with E-state index in [1.54, 1.807) is 19.5 Å². The molecule has 1 saturated heterocycles. The summed E-state index contributed by atoms with van der Waals surface area (Å²) in [6, 6.07) is 11.1. The lowest BCUT2D eigenvalue weighted by molar-refractivity contribution is 0.106. The molecular formula is C20H24ClN3O2. The quantitative estimate of drug-likeness (QED) is 0.864. The Morgan fingerprint density at radius 2 is 2.00 bits per heavy atom. The predicted molar refractivity (Wildman–Crippen MR) is 102 cm³/mol. The summed E-state index contributed by atoms with van der Waals surface area (Å²) in [5.41, 5.74) is 1.92. The minimum atomic E-state index is -0.259. The first-order valence-electron chi connectivity index (χ1n) is 8.87. The summed E-state index contributed by atoms with van der Waals surface area (Å²) >= 11 is 6.01. The molecule has 1 N–H and O–H groups in total. The number of aromatic nitrogens is 1. The van der Waals surface area contributed by atoms with Crippen LogP contribution in [0.1, 0.15) is 30.0 Å². The van der Waals surface area contributed by atoms with E-state index in [2.05, 4.69) is 10.3 Å². The molecule has 1 atom stereocenters. The number of benzene rings is 1. The second kappa shape index (κ2) is 9.01. The van der Waals surface area contributed by atoms with Gasteiger partial charge in [-0.25, -0.2) is 4.79 Å². The fraction of sp³-hybridized carbons (Fsp3) is 0.400. The molecule has 1 aromatic heterocycles. The zero-order chi connectivity index (χ0) is 18.4. The third-order valence-electron chi connectivity index (χ3n) is 4.79. The predicted octanol–water partition coefficient (Wildman–Crippen LogP) is 3.89. The molecule has 1 aromatic carbocycles. The van der Waals surface area contributed by atoms with E-state index in [0.717, 1.165) is 43.7 Å². The molecular weight excluding hydrogens is 350 g/mol. The number of carbonyl (C=O) groups is 1. The van der Waals surface area contributed by atoms with Crippen molar-refractivity contribution in [1.82, 2.24) is 15.2 Å². The number of hydrogen-bond donors (Lipinski definition) is 1. The van der Waals surface area contributed by atoms with Crippen molar-refractivity contribution in [3.8, 4) is 0 Å². The highest BCUT2D eigenvalue weighted by Crippen LogP contribution is 2.24. The fourth-order valence-electron chi connectivity index (χ4n) is 3.31.